The molecule has 10 heteroatoms. The van der Waals surface area contributed by atoms with Crippen LogP contribution < -0.4 is 5.32 Å². The van der Waals surface area contributed by atoms with Crippen molar-refractivity contribution in [1.29, 1.82) is 0 Å². The van der Waals surface area contributed by atoms with Gasteiger partial charge in [-0.1, -0.05) is 11.6 Å². The van der Waals surface area contributed by atoms with E-state index in [1.165, 1.54) is 11.6 Å². The Morgan fingerprint density at radius 1 is 1.42 bits per heavy atom. The van der Waals surface area contributed by atoms with Gasteiger partial charge in [-0.25, -0.2) is 0 Å². The molecule has 2 aliphatic carbocycles. The SMILES string of the molecule is O=C(O)C[C@H]1OCC=C2CN3CC[C@@]45C6=CC(=O)C(=O)C([N+](=O)[O-])=C6N[C@@H]4[C@@H]1[C@@H]2C[C@@H]35. The first kappa shape index (κ1) is 18.9. The molecule has 3 saturated heterocycles. The Bertz CT molecular complexity index is 1060. The second kappa shape index (κ2) is 6.10. The van der Waals surface area contributed by atoms with Crippen LogP contribution >= 0.6 is 0 Å². The quantitative estimate of drug-likeness (QED) is 0.210. The minimum absolute atomic E-state index is 0.0738. The zero-order chi connectivity index (χ0) is 21.7. The van der Waals surface area contributed by atoms with E-state index in [-0.39, 0.29) is 36.0 Å². The maximum Gasteiger partial charge on any atom is 0.343 e. The van der Waals surface area contributed by atoms with Crippen LogP contribution in [0.1, 0.15) is 19.3 Å². The fourth-order valence-corrected chi connectivity index (χ4v) is 7.23. The first-order valence-corrected chi connectivity index (χ1v) is 10.6. The smallest absolute Gasteiger partial charge is 0.343 e. The van der Waals surface area contributed by atoms with Gasteiger partial charge in [0.2, 0.25) is 5.78 Å². The number of carbonyl (C=O) groups is 3. The molecule has 31 heavy (non-hydrogen) atoms. The number of carboxylic acids is 1. The number of ether oxygens (including phenoxy) is 1. The number of rotatable bonds is 3. The summed E-state index contributed by atoms with van der Waals surface area (Å²) in [5.74, 6) is -3.05. The maximum absolute atomic E-state index is 12.4. The van der Waals surface area contributed by atoms with Gasteiger partial charge >= 0.3 is 17.4 Å². The summed E-state index contributed by atoms with van der Waals surface area (Å²) in [4.78, 5) is 49.8. The van der Waals surface area contributed by atoms with Gasteiger partial charge in [-0.3, -0.25) is 29.4 Å². The fraction of sp³-hybridized carbons (Fsp3) is 0.571. The predicted molar refractivity (Wildman–Crippen MR) is 103 cm³/mol. The number of hydrogen-bond acceptors (Lipinski definition) is 8. The van der Waals surface area contributed by atoms with Crippen LogP contribution in [-0.2, 0) is 19.1 Å². The molecule has 0 radical (unpaired) electrons. The van der Waals surface area contributed by atoms with Crippen LogP contribution in [0.25, 0.3) is 0 Å². The first-order valence-electron chi connectivity index (χ1n) is 10.6. The van der Waals surface area contributed by atoms with Crippen LogP contribution in [0.5, 0.6) is 0 Å². The third kappa shape index (κ3) is 2.26. The molecule has 0 amide bonds. The molecule has 0 aromatic rings. The molecule has 6 rings (SSSR count). The number of carboxylic acid groups (broad SMARTS) is 1. The van der Waals surface area contributed by atoms with Crippen molar-refractivity contribution in [3.05, 3.63) is 44.8 Å². The predicted octanol–water partition coefficient (Wildman–Crippen LogP) is 0.0350. The van der Waals surface area contributed by atoms with Gasteiger partial charge in [0, 0.05) is 30.0 Å². The van der Waals surface area contributed by atoms with E-state index in [1.807, 2.05) is 0 Å². The third-order valence-electron chi connectivity index (χ3n) is 8.26. The molecule has 2 N–H and O–H groups in total. The van der Waals surface area contributed by atoms with E-state index < -0.39 is 39.7 Å². The highest BCUT2D eigenvalue weighted by Gasteiger charge is 2.69. The summed E-state index contributed by atoms with van der Waals surface area (Å²) in [5.41, 5.74) is 0.637. The highest BCUT2D eigenvalue weighted by Crippen LogP contribution is 2.64. The Morgan fingerprint density at radius 2 is 2.23 bits per heavy atom. The number of allylic oxidation sites excluding steroid dienone is 3. The number of ketones is 2. The molecular formula is C21H21N3O7. The minimum atomic E-state index is -1.11. The van der Waals surface area contributed by atoms with Crippen molar-refractivity contribution in [3.63, 3.8) is 0 Å². The van der Waals surface area contributed by atoms with E-state index in [4.69, 9.17) is 4.74 Å². The average molecular weight is 427 g/mol. The molecular weight excluding hydrogens is 406 g/mol. The van der Waals surface area contributed by atoms with Crippen molar-refractivity contribution in [3.8, 4) is 0 Å². The Labute approximate surface area is 176 Å². The van der Waals surface area contributed by atoms with Gasteiger partial charge in [-0.05, 0) is 37.0 Å². The first-order chi connectivity index (χ1) is 14.8. The molecule has 10 nitrogen and oxygen atoms in total. The molecule has 0 aromatic heterocycles. The summed E-state index contributed by atoms with van der Waals surface area (Å²) in [6.45, 7) is 1.87. The van der Waals surface area contributed by atoms with Gasteiger partial charge in [0.1, 0.15) is 5.70 Å². The average Bonchev–Trinajstić information content (AvgIpc) is 3.18. The zero-order valence-electron chi connectivity index (χ0n) is 16.6. The summed E-state index contributed by atoms with van der Waals surface area (Å²) in [6, 6.07) is -0.271. The Morgan fingerprint density at radius 3 is 2.97 bits per heavy atom. The summed E-state index contributed by atoms with van der Waals surface area (Å²) in [5, 5.41) is 24.6. The third-order valence-corrected chi connectivity index (χ3v) is 8.26. The van der Waals surface area contributed by atoms with E-state index in [0.29, 0.717) is 18.6 Å². The van der Waals surface area contributed by atoms with Crippen molar-refractivity contribution in [2.24, 2.45) is 17.3 Å². The van der Waals surface area contributed by atoms with E-state index in [1.54, 1.807) is 0 Å². The maximum atomic E-state index is 12.4. The van der Waals surface area contributed by atoms with Crippen LogP contribution in [-0.4, -0.2) is 70.3 Å². The topological polar surface area (TPSA) is 139 Å². The summed E-state index contributed by atoms with van der Waals surface area (Å²) in [6.07, 6.45) is 4.09. The molecule has 162 valence electrons. The van der Waals surface area contributed by atoms with E-state index in [9.17, 15) is 29.6 Å². The molecule has 1 spiro atoms. The van der Waals surface area contributed by atoms with Gasteiger partial charge in [0.05, 0.1) is 24.1 Å². The highest BCUT2D eigenvalue weighted by atomic mass is 16.6. The summed E-state index contributed by atoms with van der Waals surface area (Å²) < 4.78 is 6.00. The highest BCUT2D eigenvalue weighted by molar-refractivity contribution is 6.48. The standard InChI is InChI=1S/C21H21N3O7/c25-12-6-11-17(18(19(12)28)24(29)30)22-20-16-10-5-14-21(11,20)2-3-23(14)8-9(10)1-4-31-13(16)7-15(26)27/h1,6,10,13-14,16,20,22H,2-5,7-8H2,(H,26,27)/t10-,13-,14-,16-,20-,21+/m1/s1. The number of fused-ring (bicyclic) bond motifs is 2. The zero-order valence-corrected chi connectivity index (χ0v) is 16.6. The molecule has 2 bridgehead atoms. The fourth-order valence-electron chi connectivity index (χ4n) is 7.23. The molecule has 0 aromatic carbocycles. The van der Waals surface area contributed by atoms with Crippen molar-refractivity contribution in [2.45, 2.75) is 37.5 Å². The lowest BCUT2D eigenvalue weighted by Gasteiger charge is -2.55. The molecule has 6 atom stereocenters. The Balaban J connectivity index is 1.57. The van der Waals surface area contributed by atoms with E-state index in [2.05, 4.69) is 16.3 Å². The molecule has 4 heterocycles. The van der Waals surface area contributed by atoms with Crippen LogP contribution in [0.4, 0.5) is 0 Å². The van der Waals surface area contributed by atoms with Crippen molar-refractivity contribution < 1.29 is 29.2 Å². The van der Waals surface area contributed by atoms with Crippen molar-refractivity contribution in [2.75, 3.05) is 19.7 Å². The monoisotopic (exact) mass is 427 g/mol. The van der Waals surface area contributed by atoms with Gasteiger partial charge in [-0.15, -0.1) is 0 Å². The largest absolute Gasteiger partial charge is 0.481 e. The van der Waals surface area contributed by atoms with Gasteiger partial charge in [0.15, 0.2) is 0 Å². The molecule has 4 aliphatic heterocycles. The molecule has 4 fully saturated rings. The van der Waals surface area contributed by atoms with Crippen LogP contribution in [0.15, 0.2) is 34.7 Å². The molecule has 6 aliphatic rings. The summed E-state index contributed by atoms with van der Waals surface area (Å²) in [7, 11) is 0. The van der Waals surface area contributed by atoms with E-state index >= 15 is 0 Å². The van der Waals surface area contributed by atoms with Crippen LogP contribution in [0, 0.1) is 27.4 Å². The van der Waals surface area contributed by atoms with Gasteiger partial charge in [0.25, 0.3) is 0 Å². The number of nitro groups is 1. The lowest BCUT2D eigenvalue weighted by atomic mass is 9.54. The number of Topliss-reactive ketones (excluding diaryl/α,β-unsaturated/α-hetero) is 1. The number of nitrogens with one attached hydrogen (secondary N) is 1. The lowest BCUT2D eigenvalue weighted by Crippen LogP contribution is -2.63. The number of aliphatic carboxylic acids is 1. The summed E-state index contributed by atoms with van der Waals surface area (Å²) >= 11 is 0. The molecule has 0 unspecified atom stereocenters. The Kier molecular flexibility index (Phi) is 3.72. The van der Waals surface area contributed by atoms with Gasteiger partial charge in [-0.2, -0.15) is 0 Å². The number of carbonyl (C=O) groups excluding carboxylic acids is 2. The Hall–Kier alpha value is -2.85. The lowest BCUT2D eigenvalue weighted by molar-refractivity contribution is -0.419. The van der Waals surface area contributed by atoms with Crippen LogP contribution in [0.3, 0.4) is 0 Å². The minimum Gasteiger partial charge on any atom is -0.481 e. The van der Waals surface area contributed by atoms with E-state index in [0.717, 1.165) is 19.5 Å². The second-order valence-corrected chi connectivity index (χ2v) is 9.30. The number of nitrogens with zero attached hydrogens (tertiary/aromatic N) is 2. The normalized spacial score (nSPS) is 40.5. The number of piperidine rings is 1. The van der Waals surface area contributed by atoms with Crippen molar-refractivity contribution in [1.82, 2.24) is 10.2 Å². The van der Waals surface area contributed by atoms with Crippen molar-refractivity contribution >= 4 is 17.5 Å². The van der Waals surface area contributed by atoms with Gasteiger partial charge < -0.3 is 15.2 Å². The number of hydrogen-bond donors (Lipinski definition) is 2. The van der Waals surface area contributed by atoms with Crippen LogP contribution in [0.2, 0.25) is 0 Å². The molecule has 1 saturated carbocycles. The second-order valence-electron chi connectivity index (χ2n) is 9.30.